The molecule has 0 heterocycles. The summed E-state index contributed by atoms with van der Waals surface area (Å²) < 4.78 is 0. The molecule has 2 N–H and O–H groups in total. The summed E-state index contributed by atoms with van der Waals surface area (Å²) in [5.41, 5.74) is 7.04. The van der Waals surface area contributed by atoms with E-state index in [-0.39, 0.29) is 11.8 Å². The summed E-state index contributed by atoms with van der Waals surface area (Å²) >= 11 is 1.23. The molecule has 0 saturated carbocycles. The Morgan fingerprint density at radius 3 is 1.52 bits per heavy atom. The quantitative estimate of drug-likeness (QED) is 0.436. The lowest BCUT2D eigenvalue weighted by Gasteiger charge is -2.14. The maximum atomic E-state index is 12.1. The highest BCUT2D eigenvalue weighted by molar-refractivity contribution is 8.01. The Hall–Kier alpha value is -3.45. The fourth-order valence-corrected chi connectivity index (χ4v) is 3.30. The maximum absolute atomic E-state index is 12.1. The first-order chi connectivity index (χ1) is 15.1. The van der Waals surface area contributed by atoms with Crippen LogP contribution in [-0.2, 0) is 9.59 Å². The molecule has 0 aromatic heterocycles. The molecule has 0 radical (unpaired) electrons. The van der Waals surface area contributed by atoms with Crippen molar-refractivity contribution < 1.29 is 9.59 Å². The zero-order chi connectivity index (χ0) is 22.3. The SMILES string of the molecule is CC(SC(C)C(=O)N/N=C/C=C\c1ccccc1)C(=O)N/N=C\C=C\c1ccccc1. The fourth-order valence-electron chi connectivity index (χ4n) is 2.34. The van der Waals surface area contributed by atoms with Crippen LogP contribution in [0.1, 0.15) is 25.0 Å². The van der Waals surface area contributed by atoms with Gasteiger partial charge in [0.1, 0.15) is 0 Å². The van der Waals surface area contributed by atoms with Gasteiger partial charge in [0.05, 0.1) is 10.5 Å². The Bertz CT molecular complexity index is 863. The lowest BCUT2D eigenvalue weighted by atomic mass is 10.2. The molecular formula is C24H26N4O2S. The summed E-state index contributed by atoms with van der Waals surface area (Å²) in [5.74, 6) is -0.549. The summed E-state index contributed by atoms with van der Waals surface area (Å²) in [6.45, 7) is 3.45. The third-order valence-corrected chi connectivity index (χ3v) is 5.24. The molecule has 7 heteroatoms. The molecule has 2 aromatic rings. The normalized spacial score (nSPS) is 13.7. The lowest BCUT2D eigenvalue weighted by Crippen LogP contribution is -2.33. The molecule has 160 valence electrons. The van der Waals surface area contributed by atoms with Crippen LogP contribution in [0.5, 0.6) is 0 Å². The van der Waals surface area contributed by atoms with Gasteiger partial charge in [-0.3, -0.25) is 9.59 Å². The summed E-state index contributed by atoms with van der Waals surface area (Å²) in [4.78, 5) is 24.3. The second-order valence-electron chi connectivity index (χ2n) is 6.47. The molecule has 31 heavy (non-hydrogen) atoms. The van der Waals surface area contributed by atoms with Gasteiger partial charge in [-0.05, 0) is 37.1 Å². The van der Waals surface area contributed by atoms with Crippen LogP contribution >= 0.6 is 11.8 Å². The van der Waals surface area contributed by atoms with E-state index in [1.807, 2.05) is 72.8 Å². The van der Waals surface area contributed by atoms with Gasteiger partial charge in [0.25, 0.3) is 11.8 Å². The molecule has 2 aromatic carbocycles. The largest absolute Gasteiger partial charge is 0.272 e. The van der Waals surface area contributed by atoms with Crippen molar-refractivity contribution in [2.24, 2.45) is 10.2 Å². The minimum atomic E-state index is -0.446. The summed E-state index contributed by atoms with van der Waals surface area (Å²) in [5, 5.41) is 6.90. The molecule has 0 spiro atoms. The second kappa shape index (κ2) is 13.7. The molecule has 2 atom stereocenters. The van der Waals surface area contributed by atoms with Crippen molar-refractivity contribution in [1.82, 2.24) is 10.9 Å². The Kier molecular flexibility index (Phi) is 10.5. The molecule has 2 unspecified atom stereocenters. The molecule has 2 rings (SSSR count). The van der Waals surface area contributed by atoms with Crippen LogP contribution < -0.4 is 10.9 Å². The Morgan fingerprint density at radius 1 is 0.742 bits per heavy atom. The molecule has 0 bridgehead atoms. The molecule has 0 saturated heterocycles. The number of hydrogen-bond donors (Lipinski definition) is 2. The van der Waals surface area contributed by atoms with Crippen LogP contribution in [-0.4, -0.2) is 34.7 Å². The van der Waals surface area contributed by atoms with Gasteiger partial charge in [0.15, 0.2) is 0 Å². The first-order valence-corrected chi connectivity index (χ1v) is 10.8. The number of hydrazone groups is 2. The van der Waals surface area contributed by atoms with Gasteiger partial charge in [-0.25, -0.2) is 10.9 Å². The number of allylic oxidation sites excluding steroid dienone is 2. The average Bonchev–Trinajstić information content (AvgIpc) is 2.79. The highest BCUT2D eigenvalue weighted by Crippen LogP contribution is 2.17. The van der Waals surface area contributed by atoms with E-state index >= 15 is 0 Å². The van der Waals surface area contributed by atoms with Crippen molar-refractivity contribution in [1.29, 1.82) is 0 Å². The van der Waals surface area contributed by atoms with E-state index in [4.69, 9.17) is 0 Å². The van der Waals surface area contributed by atoms with Gasteiger partial charge in [0, 0.05) is 12.4 Å². The third-order valence-electron chi connectivity index (χ3n) is 3.99. The van der Waals surface area contributed by atoms with Crippen LogP contribution in [0.25, 0.3) is 12.2 Å². The predicted octanol–water partition coefficient (Wildman–Crippen LogP) is 4.13. The van der Waals surface area contributed by atoms with E-state index in [0.717, 1.165) is 11.1 Å². The number of thioether (sulfide) groups is 1. The Morgan fingerprint density at radius 2 is 1.13 bits per heavy atom. The Labute approximate surface area is 187 Å². The van der Waals surface area contributed by atoms with Gasteiger partial charge in [-0.1, -0.05) is 72.8 Å². The van der Waals surface area contributed by atoms with Crippen molar-refractivity contribution >= 4 is 48.2 Å². The summed E-state index contributed by atoms with van der Waals surface area (Å²) in [6.07, 6.45) is 10.3. The maximum Gasteiger partial charge on any atom is 0.252 e. The second-order valence-corrected chi connectivity index (χ2v) is 8.15. The van der Waals surface area contributed by atoms with Crippen molar-refractivity contribution in [3.63, 3.8) is 0 Å². The fraction of sp³-hybridized carbons (Fsp3) is 0.167. The minimum Gasteiger partial charge on any atom is -0.272 e. The third kappa shape index (κ3) is 9.73. The van der Waals surface area contributed by atoms with Crippen LogP contribution in [0.15, 0.2) is 83.0 Å². The topological polar surface area (TPSA) is 82.9 Å². The van der Waals surface area contributed by atoms with E-state index in [9.17, 15) is 9.59 Å². The molecule has 0 aliphatic heterocycles. The number of amides is 2. The van der Waals surface area contributed by atoms with Crippen molar-refractivity contribution in [2.75, 3.05) is 0 Å². The van der Waals surface area contributed by atoms with Crippen molar-refractivity contribution in [3.05, 3.63) is 83.9 Å². The van der Waals surface area contributed by atoms with Crippen LogP contribution in [0.2, 0.25) is 0 Å². The van der Waals surface area contributed by atoms with Gasteiger partial charge in [-0.15, -0.1) is 11.8 Å². The van der Waals surface area contributed by atoms with Crippen LogP contribution in [0, 0.1) is 0 Å². The monoisotopic (exact) mass is 434 g/mol. The van der Waals surface area contributed by atoms with Crippen molar-refractivity contribution in [2.45, 2.75) is 24.3 Å². The highest BCUT2D eigenvalue weighted by atomic mass is 32.2. The summed E-state index contributed by atoms with van der Waals surface area (Å²) in [7, 11) is 0. The number of nitrogens with zero attached hydrogens (tertiary/aromatic N) is 2. The molecule has 2 amide bonds. The summed E-state index contributed by atoms with van der Waals surface area (Å²) in [6, 6.07) is 19.6. The average molecular weight is 435 g/mol. The molecule has 0 fully saturated rings. The highest BCUT2D eigenvalue weighted by Gasteiger charge is 2.21. The number of carbonyl (C=O) groups excluding carboxylic acids is 2. The number of nitrogens with one attached hydrogen (secondary N) is 2. The number of carbonyl (C=O) groups is 2. The lowest BCUT2D eigenvalue weighted by molar-refractivity contribution is -0.120. The van der Waals surface area contributed by atoms with E-state index in [2.05, 4.69) is 21.1 Å². The van der Waals surface area contributed by atoms with Crippen LogP contribution in [0.3, 0.4) is 0 Å². The number of benzene rings is 2. The predicted molar refractivity (Wildman–Crippen MR) is 131 cm³/mol. The van der Waals surface area contributed by atoms with E-state index in [0.29, 0.717) is 0 Å². The first-order valence-electron chi connectivity index (χ1n) is 9.81. The number of hydrogen-bond acceptors (Lipinski definition) is 5. The van der Waals surface area contributed by atoms with Crippen LogP contribution in [0.4, 0.5) is 0 Å². The van der Waals surface area contributed by atoms with E-state index in [1.54, 1.807) is 26.0 Å². The first kappa shape index (κ1) is 23.8. The molecule has 0 aliphatic carbocycles. The van der Waals surface area contributed by atoms with Gasteiger partial charge < -0.3 is 0 Å². The Balaban J connectivity index is 1.69. The molecule has 6 nitrogen and oxygen atoms in total. The van der Waals surface area contributed by atoms with Gasteiger partial charge in [-0.2, -0.15) is 10.2 Å². The molecule has 0 aliphatic rings. The minimum absolute atomic E-state index is 0.275. The van der Waals surface area contributed by atoms with E-state index < -0.39 is 10.5 Å². The smallest absolute Gasteiger partial charge is 0.252 e. The van der Waals surface area contributed by atoms with Crippen molar-refractivity contribution in [3.8, 4) is 0 Å². The standard InChI is InChI=1S/C24H26N4O2S/c1-19(23(29)27-25-17-9-15-21-11-5-3-6-12-21)31-20(2)24(30)28-26-18-10-16-22-13-7-4-8-14-22/h3-20H,1-2H3,(H,27,29)(H,28,30)/b15-9-,16-10+,25-17+,26-18-. The number of rotatable bonds is 10. The van der Waals surface area contributed by atoms with Gasteiger partial charge in [0.2, 0.25) is 0 Å². The molecular weight excluding hydrogens is 408 g/mol. The zero-order valence-electron chi connectivity index (χ0n) is 17.5. The van der Waals surface area contributed by atoms with Gasteiger partial charge >= 0.3 is 0 Å². The zero-order valence-corrected chi connectivity index (χ0v) is 18.3. The van der Waals surface area contributed by atoms with E-state index in [1.165, 1.54) is 24.2 Å².